The van der Waals surface area contributed by atoms with Crippen molar-refractivity contribution in [3.8, 4) is 0 Å². The minimum atomic E-state index is -1.99. The van der Waals surface area contributed by atoms with Crippen molar-refractivity contribution in [2.24, 2.45) is 0 Å². The highest BCUT2D eigenvalue weighted by Gasteiger charge is 1.84. The van der Waals surface area contributed by atoms with Crippen LogP contribution >= 0.6 is 0 Å². The summed E-state index contributed by atoms with van der Waals surface area (Å²) in [6, 6.07) is 0. The summed E-state index contributed by atoms with van der Waals surface area (Å²) in [5, 5.41) is 2.68. The molecule has 0 radical (unpaired) electrons. The van der Waals surface area contributed by atoms with E-state index in [0.717, 1.165) is 0 Å². The molecule has 1 atom stereocenters. The molecule has 5 heteroatoms. The third kappa shape index (κ3) is 8.03. The van der Waals surface area contributed by atoms with Gasteiger partial charge in [0.15, 0.2) is 0 Å². The van der Waals surface area contributed by atoms with Crippen molar-refractivity contribution in [3.05, 3.63) is 0 Å². The van der Waals surface area contributed by atoms with E-state index >= 15 is 0 Å². The molecule has 0 amide bonds. The Kier molecular flexibility index (Phi) is 7.16. The first kappa shape index (κ1) is 10.0. The van der Waals surface area contributed by atoms with Crippen molar-refractivity contribution >= 4 is 11.1 Å². The average Bonchev–Trinajstić information content (AvgIpc) is 1.87. The van der Waals surface area contributed by atoms with E-state index in [4.69, 9.17) is 4.74 Å². The smallest absolute Gasteiger partial charge is 0.0591 e. The number of nitrogens with one attached hydrogen (secondary N) is 1. The molecular weight excluding hydrogens is 154 g/mol. The summed E-state index contributed by atoms with van der Waals surface area (Å²) >= 11 is -1.99. The van der Waals surface area contributed by atoms with Crippen molar-refractivity contribution in [3.63, 3.8) is 0 Å². The van der Waals surface area contributed by atoms with Crippen molar-refractivity contribution in [1.29, 1.82) is 0 Å². The highest BCUT2D eigenvalue weighted by molar-refractivity contribution is 7.79. The van der Waals surface area contributed by atoms with Crippen LogP contribution in [0.2, 0.25) is 0 Å². The summed E-state index contributed by atoms with van der Waals surface area (Å²) in [7, 11) is 0. The van der Waals surface area contributed by atoms with Crippen LogP contribution in [0.5, 0.6) is 0 Å². The molecule has 0 rings (SSSR count). The van der Waals surface area contributed by atoms with Gasteiger partial charge in [0.2, 0.25) is 0 Å². The second kappa shape index (κ2) is 7.14. The zero-order valence-electron chi connectivity index (χ0n) is 5.96. The van der Waals surface area contributed by atoms with Crippen LogP contribution < -0.4 is 5.32 Å². The number of ether oxygens (including phenoxy) is 1. The molecule has 1 N–H and O–H groups in total. The molecule has 0 aromatic heterocycles. The zero-order valence-corrected chi connectivity index (χ0v) is 6.78. The minimum Gasteiger partial charge on any atom is -0.771 e. The molecule has 0 saturated heterocycles. The SMILES string of the molecule is CCOCCNCS(=O)[O-]. The van der Waals surface area contributed by atoms with Crippen molar-refractivity contribution in [2.45, 2.75) is 6.92 Å². The summed E-state index contributed by atoms with van der Waals surface area (Å²) in [6.07, 6.45) is 0. The van der Waals surface area contributed by atoms with E-state index in [1.165, 1.54) is 0 Å². The molecule has 0 heterocycles. The van der Waals surface area contributed by atoms with Gasteiger partial charge in [0, 0.05) is 13.2 Å². The third-order valence-corrected chi connectivity index (χ3v) is 1.29. The lowest BCUT2D eigenvalue weighted by atomic mass is 10.7. The highest BCUT2D eigenvalue weighted by atomic mass is 32.2. The Morgan fingerprint density at radius 1 is 1.70 bits per heavy atom. The van der Waals surface area contributed by atoms with Crippen LogP contribution in [-0.4, -0.2) is 34.4 Å². The molecule has 62 valence electrons. The molecule has 0 saturated carbocycles. The molecule has 1 unspecified atom stereocenters. The number of hydrogen-bond donors (Lipinski definition) is 1. The Hall–Kier alpha value is 0.0300. The van der Waals surface area contributed by atoms with Gasteiger partial charge in [-0.1, -0.05) is 0 Å². The predicted octanol–water partition coefficient (Wildman–Crippen LogP) is -0.551. The van der Waals surface area contributed by atoms with Crippen molar-refractivity contribution in [2.75, 3.05) is 25.6 Å². The number of rotatable bonds is 6. The monoisotopic (exact) mass is 166 g/mol. The molecule has 0 aliphatic heterocycles. The Bertz CT molecular complexity index is 98.9. The van der Waals surface area contributed by atoms with Gasteiger partial charge in [0.1, 0.15) is 0 Å². The van der Waals surface area contributed by atoms with E-state index in [1.807, 2.05) is 6.92 Å². The van der Waals surface area contributed by atoms with Gasteiger partial charge in [-0.25, -0.2) is 0 Å². The van der Waals surface area contributed by atoms with Gasteiger partial charge in [0.25, 0.3) is 0 Å². The summed E-state index contributed by atoms with van der Waals surface area (Å²) in [6.45, 7) is 3.71. The summed E-state index contributed by atoms with van der Waals surface area (Å²) in [4.78, 5) is 0. The third-order valence-electron chi connectivity index (χ3n) is 0.847. The molecular formula is C5H12NO3S-. The lowest BCUT2D eigenvalue weighted by Gasteiger charge is -2.06. The standard InChI is InChI=1S/C5H13NO3S/c1-2-9-4-3-6-5-10(7)8/h6H,2-5H2,1H3,(H,7,8)/p-1. The lowest BCUT2D eigenvalue weighted by Crippen LogP contribution is -2.23. The van der Waals surface area contributed by atoms with Gasteiger partial charge < -0.3 is 14.6 Å². The topological polar surface area (TPSA) is 61.4 Å². The van der Waals surface area contributed by atoms with Crippen LogP contribution in [0.4, 0.5) is 0 Å². The van der Waals surface area contributed by atoms with E-state index in [2.05, 4.69) is 5.32 Å². The van der Waals surface area contributed by atoms with E-state index < -0.39 is 11.1 Å². The Morgan fingerprint density at radius 3 is 2.90 bits per heavy atom. The molecule has 0 bridgehead atoms. The van der Waals surface area contributed by atoms with Crippen LogP contribution in [0.25, 0.3) is 0 Å². The fraction of sp³-hybridized carbons (Fsp3) is 1.00. The molecule has 0 aromatic carbocycles. The second-order valence-electron chi connectivity index (χ2n) is 1.65. The molecule has 0 aromatic rings. The fourth-order valence-electron chi connectivity index (χ4n) is 0.444. The maximum absolute atomic E-state index is 9.93. The highest BCUT2D eigenvalue weighted by Crippen LogP contribution is 1.71. The van der Waals surface area contributed by atoms with E-state index in [0.29, 0.717) is 19.8 Å². The maximum Gasteiger partial charge on any atom is 0.0591 e. The normalized spacial score (nSPS) is 13.4. The summed E-state index contributed by atoms with van der Waals surface area (Å²) < 4.78 is 24.8. The first-order valence-corrected chi connectivity index (χ1v) is 4.36. The largest absolute Gasteiger partial charge is 0.771 e. The second-order valence-corrected chi connectivity index (χ2v) is 2.54. The van der Waals surface area contributed by atoms with Crippen LogP contribution in [-0.2, 0) is 15.8 Å². The molecule has 0 fully saturated rings. The van der Waals surface area contributed by atoms with Crippen LogP contribution in [0.3, 0.4) is 0 Å². The fourth-order valence-corrected chi connectivity index (χ4v) is 0.755. The van der Waals surface area contributed by atoms with Crippen LogP contribution in [0.15, 0.2) is 0 Å². The van der Waals surface area contributed by atoms with Crippen LogP contribution in [0, 0.1) is 0 Å². The van der Waals surface area contributed by atoms with Gasteiger partial charge in [-0.2, -0.15) is 0 Å². The molecule has 4 nitrogen and oxygen atoms in total. The van der Waals surface area contributed by atoms with Gasteiger partial charge in [-0.15, -0.1) is 0 Å². The van der Waals surface area contributed by atoms with E-state index in [-0.39, 0.29) is 5.88 Å². The van der Waals surface area contributed by atoms with Crippen molar-refractivity contribution < 1.29 is 13.5 Å². The first-order chi connectivity index (χ1) is 4.77. The molecule has 10 heavy (non-hydrogen) atoms. The van der Waals surface area contributed by atoms with Gasteiger partial charge in [-0.3, -0.25) is 4.21 Å². The van der Waals surface area contributed by atoms with Gasteiger partial charge >= 0.3 is 0 Å². The molecule has 0 aliphatic carbocycles. The van der Waals surface area contributed by atoms with Gasteiger partial charge in [0.05, 0.1) is 12.5 Å². The summed E-state index contributed by atoms with van der Waals surface area (Å²) in [5.74, 6) is 0.00702. The Balaban J connectivity index is 2.84. The first-order valence-electron chi connectivity index (χ1n) is 3.11. The van der Waals surface area contributed by atoms with E-state index in [1.54, 1.807) is 0 Å². The lowest BCUT2D eigenvalue weighted by molar-refractivity contribution is 0.150. The Morgan fingerprint density at radius 2 is 2.40 bits per heavy atom. The molecule has 0 spiro atoms. The predicted molar refractivity (Wildman–Crippen MR) is 38.3 cm³/mol. The van der Waals surface area contributed by atoms with E-state index in [9.17, 15) is 8.76 Å². The maximum atomic E-state index is 9.93. The van der Waals surface area contributed by atoms with Gasteiger partial charge in [-0.05, 0) is 18.0 Å². The summed E-state index contributed by atoms with van der Waals surface area (Å²) in [5.41, 5.74) is 0. The average molecular weight is 166 g/mol. The van der Waals surface area contributed by atoms with Crippen molar-refractivity contribution in [1.82, 2.24) is 5.32 Å². The quantitative estimate of drug-likeness (QED) is 0.425. The number of hydrogen-bond acceptors (Lipinski definition) is 4. The minimum absolute atomic E-state index is 0.00702. The Labute approximate surface area is 63.2 Å². The zero-order chi connectivity index (χ0) is 7.82. The van der Waals surface area contributed by atoms with Crippen LogP contribution in [0.1, 0.15) is 6.92 Å². The molecule has 0 aliphatic rings.